The quantitative estimate of drug-likeness (QED) is 0.669. The predicted molar refractivity (Wildman–Crippen MR) is 105 cm³/mol. The summed E-state index contributed by atoms with van der Waals surface area (Å²) < 4.78 is 5.10. The van der Waals surface area contributed by atoms with Gasteiger partial charge in [0.1, 0.15) is 5.75 Å². The van der Waals surface area contributed by atoms with Crippen molar-refractivity contribution in [2.75, 3.05) is 13.2 Å². The fraction of sp³-hybridized carbons (Fsp3) is 0.364. The van der Waals surface area contributed by atoms with Crippen LogP contribution in [-0.2, 0) is 16.0 Å². The van der Waals surface area contributed by atoms with Gasteiger partial charge in [-0.15, -0.1) is 0 Å². The highest BCUT2D eigenvalue weighted by Crippen LogP contribution is 2.23. The van der Waals surface area contributed by atoms with Crippen LogP contribution in [0.4, 0.5) is 0 Å². The Kier molecular flexibility index (Phi) is 7.86. The van der Waals surface area contributed by atoms with Gasteiger partial charge < -0.3 is 15.2 Å². The number of aliphatic carboxylic acids is 1. The van der Waals surface area contributed by atoms with Gasteiger partial charge in [-0.1, -0.05) is 48.9 Å². The summed E-state index contributed by atoms with van der Waals surface area (Å²) in [5.41, 5.74) is 3.48. The molecule has 0 aliphatic rings. The third-order valence-electron chi connectivity index (χ3n) is 4.49. The number of carbonyl (C=O) groups is 2. The Bertz CT molecular complexity index is 738. The van der Waals surface area contributed by atoms with Crippen molar-refractivity contribution < 1.29 is 19.4 Å². The van der Waals surface area contributed by atoms with E-state index in [1.54, 1.807) is 12.1 Å². The number of rotatable bonds is 10. The van der Waals surface area contributed by atoms with Gasteiger partial charge in [-0.2, -0.15) is 0 Å². The van der Waals surface area contributed by atoms with Crippen LogP contribution in [0, 0.1) is 6.92 Å². The maximum absolute atomic E-state index is 12.3. The molecule has 1 unspecified atom stereocenters. The van der Waals surface area contributed by atoms with Gasteiger partial charge in [0.05, 0.1) is 0 Å². The zero-order valence-electron chi connectivity index (χ0n) is 15.9. The fourth-order valence-corrected chi connectivity index (χ4v) is 2.88. The van der Waals surface area contributed by atoms with Gasteiger partial charge in [0.2, 0.25) is 5.91 Å². The van der Waals surface area contributed by atoms with Crippen LogP contribution < -0.4 is 10.1 Å². The van der Waals surface area contributed by atoms with Gasteiger partial charge in [0.25, 0.3) is 0 Å². The topological polar surface area (TPSA) is 75.6 Å². The molecule has 2 rings (SSSR count). The largest absolute Gasteiger partial charge is 0.482 e. The number of benzene rings is 2. The molecule has 0 heterocycles. The summed E-state index contributed by atoms with van der Waals surface area (Å²) in [4.78, 5) is 22.7. The second kappa shape index (κ2) is 10.4. The maximum atomic E-state index is 12.3. The van der Waals surface area contributed by atoms with E-state index in [2.05, 4.69) is 43.4 Å². The van der Waals surface area contributed by atoms with Crippen LogP contribution in [0.5, 0.6) is 5.75 Å². The lowest BCUT2D eigenvalue weighted by molar-refractivity contribution is -0.139. The molecule has 0 saturated heterocycles. The number of aryl methyl sites for hydroxylation is 1. The minimum Gasteiger partial charge on any atom is -0.482 e. The van der Waals surface area contributed by atoms with Crippen molar-refractivity contribution in [3.63, 3.8) is 0 Å². The van der Waals surface area contributed by atoms with Crippen LogP contribution in [0.1, 0.15) is 42.4 Å². The van der Waals surface area contributed by atoms with Crippen molar-refractivity contribution in [3.8, 4) is 5.75 Å². The molecule has 2 aromatic carbocycles. The second-order valence-electron chi connectivity index (χ2n) is 6.65. The lowest BCUT2D eigenvalue weighted by Crippen LogP contribution is -2.27. The Morgan fingerprint density at radius 1 is 1.07 bits per heavy atom. The van der Waals surface area contributed by atoms with E-state index in [-0.39, 0.29) is 18.4 Å². The Hall–Kier alpha value is -2.82. The van der Waals surface area contributed by atoms with E-state index < -0.39 is 5.97 Å². The number of carbonyl (C=O) groups excluding carboxylic acids is 1. The zero-order chi connectivity index (χ0) is 19.6. The van der Waals surface area contributed by atoms with E-state index in [4.69, 9.17) is 9.84 Å². The van der Waals surface area contributed by atoms with Crippen molar-refractivity contribution in [2.45, 2.75) is 39.0 Å². The molecule has 0 radical (unpaired) electrons. The van der Waals surface area contributed by atoms with Gasteiger partial charge in [0.15, 0.2) is 6.61 Å². The molecule has 0 aliphatic carbocycles. The summed E-state index contributed by atoms with van der Waals surface area (Å²) in [5.74, 6) is -0.188. The molecular formula is C22H27NO4. The van der Waals surface area contributed by atoms with E-state index in [9.17, 15) is 9.59 Å². The highest BCUT2D eigenvalue weighted by molar-refractivity contribution is 5.76. The number of carboxylic acids is 1. The Balaban J connectivity index is 1.76. The van der Waals surface area contributed by atoms with E-state index in [1.165, 1.54) is 11.1 Å². The molecule has 0 aliphatic heterocycles. The molecule has 0 spiro atoms. The van der Waals surface area contributed by atoms with Crippen molar-refractivity contribution in [1.29, 1.82) is 0 Å². The summed E-state index contributed by atoms with van der Waals surface area (Å²) >= 11 is 0. The first kappa shape index (κ1) is 20.5. The predicted octanol–water partition coefficient (Wildman–Crippen LogP) is 3.70. The van der Waals surface area contributed by atoms with Gasteiger partial charge in [0, 0.05) is 13.0 Å². The van der Waals surface area contributed by atoms with Gasteiger partial charge >= 0.3 is 5.97 Å². The molecule has 0 bridgehead atoms. The summed E-state index contributed by atoms with van der Waals surface area (Å²) in [6, 6.07) is 15.6. The van der Waals surface area contributed by atoms with Crippen LogP contribution in [-0.4, -0.2) is 30.1 Å². The first-order chi connectivity index (χ1) is 13.0. The van der Waals surface area contributed by atoms with E-state index in [0.29, 0.717) is 25.1 Å². The fourth-order valence-electron chi connectivity index (χ4n) is 2.88. The van der Waals surface area contributed by atoms with Crippen LogP contribution in [0.2, 0.25) is 0 Å². The molecule has 1 atom stereocenters. The molecule has 144 valence electrons. The van der Waals surface area contributed by atoms with Gasteiger partial charge in [-0.05, 0) is 48.9 Å². The molecule has 2 N–H and O–H groups in total. The van der Waals surface area contributed by atoms with Gasteiger partial charge in [-0.25, -0.2) is 4.79 Å². The Morgan fingerprint density at radius 2 is 1.74 bits per heavy atom. The summed E-state index contributed by atoms with van der Waals surface area (Å²) in [5, 5.41) is 11.6. The zero-order valence-corrected chi connectivity index (χ0v) is 15.9. The van der Waals surface area contributed by atoms with Crippen molar-refractivity contribution in [2.24, 2.45) is 0 Å². The first-order valence-electron chi connectivity index (χ1n) is 9.24. The average Bonchev–Trinajstić information content (AvgIpc) is 2.66. The van der Waals surface area contributed by atoms with E-state index >= 15 is 0 Å². The minimum absolute atomic E-state index is 0.0591. The molecule has 5 nitrogen and oxygen atoms in total. The SMILES string of the molecule is CCC(CC(=O)NCCc1ccc(OCC(=O)O)cc1)c1ccc(C)cc1. The lowest BCUT2D eigenvalue weighted by Gasteiger charge is -2.15. The third-order valence-corrected chi connectivity index (χ3v) is 4.49. The smallest absolute Gasteiger partial charge is 0.341 e. The standard InChI is InChI=1S/C22H27NO4/c1-3-18(19-8-4-16(2)5-9-19)14-21(24)23-13-12-17-6-10-20(11-7-17)27-15-22(25)26/h4-11,18H,3,12-15H2,1-2H3,(H,23,24)(H,25,26). The molecule has 27 heavy (non-hydrogen) atoms. The Morgan fingerprint density at radius 3 is 2.33 bits per heavy atom. The number of hydrogen-bond donors (Lipinski definition) is 2. The molecule has 5 heteroatoms. The van der Waals surface area contributed by atoms with Crippen LogP contribution >= 0.6 is 0 Å². The van der Waals surface area contributed by atoms with Crippen molar-refractivity contribution >= 4 is 11.9 Å². The monoisotopic (exact) mass is 369 g/mol. The molecule has 0 saturated carbocycles. The van der Waals surface area contributed by atoms with Crippen molar-refractivity contribution in [1.82, 2.24) is 5.32 Å². The second-order valence-corrected chi connectivity index (χ2v) is 6.65. The number of nitrogens with one attached hydrogen (secondary N) is 1. The van der Waals surface area contributed by atoms with Crippen LogP contribution in [0.15, 0.2) is 48.5 Å². The number of hydrogen-bond acceptors (Lipinski definition) is 3. The van der Waals surface area contributed by atoms with Crippen LogP contribution in [0.25, 0.3) is 0 Å². The Labute approximate surface area is 160 Å². The summed E-state index contributed by atoms with van der Waals surface area (Å²) in [7, 11) is 0. The highest BCUT2D eigenvalue weighted by atomic mass is 16.5. The lowest BCUT2D eigenvalue weighted by atomic mass is 9.92. The average molecular weight is 369 g/mol. The molecular weight excluding hydrogens is 342 g/mol. The van der Waals surface area contributed by atoms with Gasteiger partial charge in [-0.3, -0.25) is 4.79 Å². The number of amides is 1. The highest BCUT2D eigenvalue weighted by Gasteiger charge is 2.14. The normalized spacial score (nSPS) is 11.6. The molecule has 2 aromatic rings. The summed E-state index contributed by atoms with van der Waals surface area (Å²) in [6.07, 6.45) is 2.13. The molecule has 1 amide bonds. The van der Waals surface area contributed by atoms with E-state index in [0.717, 1.165) is 12.0 Å². The number of ether oxygens (including phenoxy) is 1. The maximum Gasteiger partial charge on any atom is 0.341 e. The third kappa shape index (κ3) is 7.13. The van der Waals surface area contributed by atoms with Crippen molar-refractivity contribution in [3.05, 3.63) is 65.2 Å². The minimum atomic E-state index is -1.00. The van der Waals surface area contributed by atoms with E-state index in [1.807, 2.05) is 12.1 Å². The summed E-state index contributed by atoms with van der Waals surface area (Å²) in [6.45, 7) is 4.38. The molecule has 0 fully saturated rings. The molecule has 0 aromatic heterocycles. The first-order valence-corrected chi connectivity index (χ1v) is 9.24. The number of carboxylic acid groups (broad SMARTS) is 1. The van der Waals surface area contributed by atoms with Crippen LogP contribution in [0.3, 0.4) is 0 Å².